The Morgan fingerprint density at radius 2 is 2.40 bits per heavy atom. The summed E-state index contributed by atoms with van der Waals surface area (Å²) in [5.74, 6) is -0.134. The summed E-state index contributed by atoms with van der Waals surface area (Å²) in [5.41, 5.74) is 0.196. The van der Waals surface area contributed by atoms with Gasteiger partial charge < -0.3 is 9.72 Å². The van der Waals surface area contributed by atoms with Crippen molar-refractivity contribution in [2.45, 2.75) is 32.4 Å². The van der Waals surface area contributed by atoms with Gasteiger partial charge in [-0.25, -0.2) is 0 Å². The molecule has 1 aliphatic heterocycles. The molecule has 1 aromatic heterocycles. The van der Waals surface area contributed by atoms with Crippen LogP contribution in [0, 0.1) is 10.1 Å². The second-order valence-corrected chi connectivity index (χ2v) is 5.09. The van der Waals surface area contributed by atoms with Crippen LogP contribution >= 0.6 is 0 Å². The Bertz CT molecular complexity index is 500. The molecule has 0 radical (unpaired) electrons. The molecule has 2 unspecified atom stereocenters. The number of ether oxygens (including phenoxy) is 1. The Hall–Kier alpha value is -1.73. The minimum atomic E-state index is -0.515. The number of ketones is 1. The topological polar surface area (TPSA) is 88.5 Å². The van der Waals surface area contributed by atoms with Gasteiger partial charge in [-0.05, 0) is 13.3 Å². The maximum atomic E-state index is 12.2. The predicted octanol–water partition coefficient (Wildman–Crippen LogP) is 1.60. The number of nitrogens with zero attached hydrogens (tertiary/aromatic N) is 2. The average Bonchev–Trinajstić information content (AvgIpc) is 2.89. The third-order valence-electron chi connectivity index (χ3n) is 3.58. The zero-order valence-corrected chi connectivity index (χ0v) is 11.7. The van der Waals surface area contributed by atoms with Crippen LogP contribution in [0.2, 0.25) is 0 Å². The van der Waals surface area contributed by atoms with Crippen molar-refractivity contribution in [2.24, 2.45) is 0 Å². The van der Waals surface area contributed by atoms with Crippen molar-refractivity contribution in [3.63, 3.8) is 0 Å². The van der Waals surface area contributed by atoms with E-state index in [1.54, 1.807) is 0 Å². The molecule has 1 aliphatic rings. The molecule has 2 rings (SSSR count). The first-order chi connectivity index (χ1) is 9.51. The number of carbonyl (C=O) groups excluding carboxylic acids is 1. The lowest BCUT2D eigenvalue weighted by molar-refractivity contribution is -0.384. The van der Waals surface area contributed by atoms with Crippen LogP contribution in [0.5, 0.6) is 0 Å². The molecule has 1 aromatic rings. The van der Waals surface area contributed by atoms with Gasteiger partial charge in [-0.2, -0.15) is 0 Å². The number of carbonyl (C=O) groups is 1. The van der Waals surface area contributed by atoms with Gasteiger partial charge in [0.2, 0.25) is 0 Å². The van der Waals surface area contributed by atoms with Gasteiger partial charge in [-0.1, -0.05) is 6.92 Å². The molecule has 7 nitrogen and oxygen atoms in total. The standard InChI is InChI=1S/C13H19N3O4/c1-3-10-8-20-9(2)6-15(10)7-13(17)12-4-11(5-14-12)16(18)19/h4-5,9-10,14H,3,6-8H2,1-2H3. The molecule has 1 saturated heterocycles. The third kappa shape index (κ3) is 3.23. The molecule has 20 heavy (non-hydrogen) atoms. The molecular weight excluding hydrogens is 262 g/mol. The number of hydrogen-bond donors (Lipinski definition) is 1. The number of Topliss-reactive ketones (excluding diaryl/α,β-unsaturated/α-hetero) is 1. The molecular formula is C13H19N3O4. The number of hydrogen-bond acceptors (Lipinski definition) is 5. The van der Waals surface area contributed by atoms with E-state index in [9.17, 15) is 14.9 Å². The molecule has 2 atom stereocenters. The van der Waals surface area contributed by atoms with Gasteiger partial charge in [0.05, 0.1) is 36.1 Å². The number of rotatable bonds is 5. The second-order valence-electron chi connectivity index (χ2n) is 5.09. The quantitative estimate of drug-likeness (QED) is 0.503. The smallest absolute Gasteiger partial charge is 0.287 e. The van der Waals surface area contributed by atoms with Crippen molar-refractivity contribution < 1.29 is 14.5 Å². The fourth-order valence-corrected chi connectivity index (χ4v) is 2.40. The van der Waals surface area contributed by atoms with Crippen molar-refractivity contribution in [1.82, 2.24) is 9.88 Å². The van der Waals surface area contributed by atoms with E-state index in [0.29, 0.717) is 13.2 Å². The van der Waals surface area contributed by atoms with E-state index < -0.39 is 4.92 Å². The Balaban J connectivity index is 2.03. The van der Waals surface area contributed by atoms with E-state index in [4.69, 9.17) is 4.74 Å². The molecule has 0 saturated carbocycles. The molecule has 1 fully saturated rings. The molecule has 0 amide bonds. The average molecular weight is 281 g/mol. The van der Waals surface area contributed by atoms with Crippen LogP contribution in [-0.4, -0.2) is 52.4 Å². The van der Waals surface area contributed by atoms with Gasteiger partial charge in [0.15, 0.2) is 5.78 Å². The Morgan fingerprint density at radius 1 is 1.65 bits per heavy atom. The van der Waals surface area contributed by atoms with E-state index in [1.165, 1.54) is 12.3 Å². The van der Waals surface area contributed by atoms with Gasteiger partial charge >= 0.3 is 0 Å². The van der Waals surface area contributed by atoms with E-state index in [-0.39, 0.29) is 35.9 Å². The summed E-state index contributed by atoms with van der Waals surface area (Å²) >= 11 is 0. The molecule has 2 heterocycles. The summed E-state index contributed by atoms with van der Waals surface area (Å²) in [5, 5.41) is 10.6. The highest BCUT2D eigenvalue weighted by Gasteiger charge is 2.28. The predicted molar refractivity (Wildman–Crippen MR) is 72.8 cm³/mol. The third-order valence-corrected chi connectivity index (χ3v) is 3.58. The summed E-state index contributed by atoms with van der Waals surface area (Å²) in [6, 6.07) is 1.51. The minimum Gasteiger partial charge on any atom is -0.376 e. The van der Waals surface area contributed by atoms with E-state index in [0.717, 1.165) is 6.42 Å². The van der Waals surface area contributed by atoms with Gasteiger partial charge in [0, 0.05) is 18.7 Å². The van der Waals surface area contributed by atoms with Crippen molar-refractivity contribution >= 4 is 11.5 Å². The number of aromatic amines is 1. The van der Waals surface area contributed by atoms with Crippen molar-refractivity contribution in [1.29, 1.82) is 0 Å². The number of aromatic nitrogens is 1. The van der Waals surface area contributed by atoms with Crippen LogP contribution in [0.4, 0.5) is 5.69 Å². The summed E-state index contributed by atoms with van der Waals surface area (Å²) in [6.45, 7) is 5.61. The summed E-state index contributed by atoms with van der Waals surface area (Å²) in [7, 11) is 0. The molecule has 110 valence electrons. The van der Waals surface area contributed by atoms with Gasteiger partial charge in [0.25, 0.3) is 5.69 Å². The zero-order valence-electron chi connectivity index (χ0n) is 11.7. The Labute approximate surface area is 117 Å². The largest absolute Gasteiger partial charge is 0.376 e. The van der Waals surface area contributed by atoms with Crippen LogP contribution < -0.4 is 0 Å². The molecule has 7 heteroatoms. The first kappa shape index (κ1) is 14.7. The first-order valence-electron chi connectivity index (χ1n) is 6.73. The van der Waals surface area contributed by atoms with Crippen molar-refractivity contribution in [3.05, 3.63) is 28.1 Å². The molecule has 0 spiro atoms. The highest BCUT2D eigenvalue weighted by atomic mass is 16.6. The monoisotopic (exact) mass is 281 g/mol. The fraction of sp³-hybridized carbons (Fsp3) is 0.615. The summed E-state index contributed by atoms with van der Waals surface area (Å²) in [6.07, 6.45) is 2.25. The lowest BCUT2D eigenvalue weighted by atomic mass is 10.1. The SMILES string of the molecule is CCC1COC(C)CN1CC(=O)c1cc([N+](=O)[O-])c[nH]1. The Kier molecular flexibility index (Phi) is 4.51. The lowest BCUT2D eigenvalue weighted by Crippen LogP contribution is -2.50. The van der Waals surface area contributed by atoms with E-state index >= 15 is 0 Å². The minimum absolute atomic E-state index is 0.0873. The summed E-state index contributed by atoms with van der Waals surface area (Å²) < 4.78 is 5.58. The highest BCUT2D eigenvalue weighted by molar-refractivity contribution is 5.96. The van der Waals surface area contributed by atoms with Crippen LogP contribution in [0.1, 0.15) is 30.8 Å². The van der Waals surface area contributed by atoms with Gasteiger partial charge in [0.1, 0.15) is 0 Å². The molecule has 0 aliphatic carbocycles. The van der Waals surface area contributed by atoms with Crippen LogP contribution in [0.15, 0.2) is 12.3 Å². The maximum Gasteiger partial charge on any atom is 0.287 e. The normalized spacial score (nSPS) is 23.7. The van der Waals surface area contributed by atoms with Crippen molar-refractivity contribution in [2.75, 3.05) is 19.7 Å². The Morgan fingerprint density at radius 3 is 3.00 bits per heavy atom. The molecule has 0 bridgehead atoms. The van der Waals surface area contributed by atoms with Gasteiger partial charge in [-0.3, -0.25) is 19.8 Å². The first-order valence-corrected chi connectivity index (χ1v) is 6.73. The number of nitro groups is 1. The molecule has 1 N–H and O–H groups in total. The molecule has 0 aromatic carbocycles. The highest BCUT2D eigenvalue weighted by Crippen LogP contribution is 2.17. The maximum absolute atomic E-state index is 12.2. The fourth-order valence-electron chi connectivity index (χ4n) is 2.40. The van der Waals surface area contributed by atoms with E-state index in [2.05, 4.69) is 16.8 Å². The summed E-state index contributed by atoms with van der Waals surface area (Å²) in [4.78, 5) is 27.0. The zero-order chi connectivity index (χ0) is 14.7. The van der Waals surface area contributed by atoms with Crippen LogP contribution in [-0.2, 0) is 4.74 Å². The number of H-pyrrole nitrogens is 1. The van der Waals surface area contributed by atoms with Gasteiger partial charge in [-0.15, -0.1) is 0 Å². The van der Waals surface area contributed by atoms with E-state index in [1.807, 2.05) is 6.92 Å². The number of nitrogens with one attached hydrogen (secondary N) is 1. The van der Waals surface area contributed by atoms with Crippen LogP contribution in [0.3, 0.4) is 0 Å². The van der Waals surface area contributed by atoms with Crippen molar-refractivity contribution in [3.8, 4) is 0 Å². The number of morpholine rings is 1. The lowest BCUT2D eigenvalue weighted by Gasteiger charge is -2.37. The second kappa shape index (κ2) is 6.15. The van der Waals surface area contributed by atoms with Crippen LogP contribution in [0.25, 0.3) is 0 Å².